The summed E-state index contributed by atoms with van der Waals surface area (Å²) in [5, 5.41) is 23.4. The topological polar surface area (TPSA) is 107 Å². The van der Waals surface area contributed by atoms with Crippen LogP contribution in [-0.4, -0.2) is 70.0 Å². The summed E-state index contributed by atoms with van der Waals surface area (Å²) in [5.41, 5.74) is 5.21. The molecular weight excluding hydrogens is 630 g/mol. The second-order valence-electron chi connectivity index (χ2n) is 17.5. The Morgan fingerprint density at radius 1 is 0.940 bits per heavy atom. The molecule has 1 aliphatic carbocycles. The first-order chi connectivity index (χ1) is 23.6. The molecule has 3 fully saturated rings. The number of carbonyl (C=O) groups is 1. The lowest BCUT2D eigenvalue weighted by Crippen LogP contribution is -2.60. The van der Waals surface area contributed by atoms with E-state index in [9.17, 15) is 15.0 Å². The highest BCUT2D eigenvalue weighted by molar-refractivity contribution is 5.92. The smallest absolute Gasteiger partial charge is 0.334 e. The molecule has 3 spiro atoms. The molecule has 8 heteroatoms. The molecule has 2 N–H and O–H groups in total. The van der Waals surface area contributed by atoms with E-state index in [1.54, 1.807) is 0 Å². The monoisotopic (exact) mass is 691 g/mol. The van der Waals surface area contributed by atoms with Crippen LogP contribution >= 0.6 is 0 Å². The zero-order chi connectivity index (χ0) is 35.6. The van der Waals surface area contributed by atoms with Gasteiger partial charge in [0.25, 0.3) is 0 Å². The molecule has 0 aromatic rings. The highest BCUT2D eigenvalue weighted by Crippen LogP contribution is 2.56. The minimum Gasteiger partial charge on any atom is -0.450 e. The zero-order valence-corrected chi connectivity index (χ0v) is 31.4. The van der Waals surface area contributed by atoms with Crippen LogP contribution in [-0.2, 0) is 23.7 Å². The number of hydrogen-bond donors (Lipinski definition) is 2. The second-order valence-corrected chi connectivity index (χ2v) is 17.5. The van der Waals surface area contributed by atoms with Crippen molar-refractivity contribution in [2.75, 3.05) is 6.54 Å². The van der Waals surface area contributed by atoms with Gasteiger partial charge >= 0.3 is 5.97 Å². The summed E-state index contributed by atoms with van der Waals surface area (Å²) in [6, 6.07) is 0. The van der Waals surface area contributed by atoms with Gasteiger partial charge in [0, 0.05) is 54.8 Å². The Kier molecular flexibility index (Phi) is 9.71. The van der Waals surface area contributed by atoms with Crippen molar-refractivity contribution >= 4 is 11.7 Å². The molecule has 0 aromatic carbocycles. The third-order valence-corrected chi connectivity index (χ3v) is 14.0. The number of carbonyl (C=O) groups excluding carboxylic acids is 1. The van der Waals surface area contributed by atoms with Crippen LogP contribution in [0.5, 0.6) is 0 Å². The van der Waals surface area contributed by atoms with Crippen LogP contribution in [0, 0.1) is 23.2 Å². The molecule has 6 heterocycles. The van der Waals surface area contributed by atoms with E-state index in [-0.39, 0.29) is 35.6 Å². The van der Waals surface area contributed by atoms with Gasteiger partial charge in [0.15, 0.2) is 5.79 Å². The Morgan fingerprint density at radius 3 is 2.48 bits per heavy atom. The predicted octanol–water partition coefficient (Wildman–Crippen LogP) is 7.83. The number of allylic oxidation sites excluding steroid dienone is 2. The summed E-state index contributed by atoms with van der Waals surface area (Å²) in [5.74, 6) is -1.16. The van der Waals surface area contributed by atoms with Crippen molar-refractivity contribution < 1.29 is 34.0 Å². The third kappa shape index (κ3) is 6.44. The summed E-state index contributed by atoms with van der Waals surface area (Å²) >= 11 is 0. The molecule has 6 aliphatic heterocycles. The summed E-state index contributed by atoms with van der Waals surface area (Å²) in [7, 11) is 0. The van der Waals surface area contributed by atoms with Crippen LogP contribution in [0.4, 0.5) is 0 Å². The van der Waals surface area contributed by atoms with E-state index >= 15 is 0 Å². The normalized spacial score (nSPS) is 46.0. The molecule has 0 radical (unpaired) electrons. The molecule has 50 heavy (non-hydrogen) atoms. The molecule has 2 unspecified atom stereocenters. The zero-order valence-electron chi connectivity index (χ0n) is 31.4. The van der Waals surface area contributed by atoms with Gasteiger partial charge in [0.2, 0.25) is 5.79 Å². The lowest BCUT2D eigenvalue weighted by atomic mass is 9.56. The maximum Gasteiger partial charge on any atom is 0.334 e. The maximum atomic E-state index is 12.5. The van der Waals surface area contributed by atoms with E-state index in [2.05, 4.69) is 40.3 Å². The summed E-state index contributed by atoms with van der Waals surface area (Å²) < 4.78 is 26.1. The SMILES string of the molecule is C=C1CCCC2=NC[C@H](C)[C@@H](C)C[C@@]23CCC(C2C=C(C)C(=O)O2)=C(C)C3C=C(C)[C@@H](O)C[C@@H]2CC[C@@]3(CC[C@@]4(O[C@@H](CC[C@@]4(C)O)C1)O3)O2. The number of aliphatic hydroxyl groups is 2. The van der Waals surface area contributed by atoms with Crippen molar-refractivity contribution in [2.24, 2.45) is 28.2 Å². The summed E-state index contributed by atoms with van der Waals surface area (Å²) in [6.45, 7) is 18.0. The van der Waals surface area contributed by atoms with E-state index < -0.39 is 23.3 Å². The van der Waals surface area contributed by atoms with Gasteiger partial charge in [0.1, 0.15) is 11.7 Å². The highest BCUT2D eigenvalue weighted by atomic mass is 16.8. The van der Waals surface area contributed by atoms with Crippen LogP contribution in [0.15, 0.2) is 51.6 Å². The minimum atomic E-state index is -1.11. The van der Waals surface area contributed by atoms with Gasteiger partial charge in [-0.15, -0.1) is 0 Å². The molecule has 11 atom stereocenters. The van der Waals surface area contributed by atoms with Gasteiger partial charge in [-0.25, -0.2) is 4.79 Å². The Labute approximate surface area is 299 Å². The molecule has 4 bridgehead atoms. The number of hydrogen-bond acceptors (Lipinski definition) is 8. The fourth-order valence-corrected chi connectivity index (χ4v) is 10.5. The molecule has 3 saturated heterocycles. The Bertz CT molecular complexity index is 1510. The molecule has 0 amide bonds. The summed E-state index contributed by atoms with van der Waals surface area (Å²) in [6.07, 6.45) is 14.0. The molecule has 7 aliphatic rings. The van der Waals surface area contributed by atoms with Gasteiger partial charge in [-0.1, -0.05) is 37.6 Å². The van der Waals surface area contributed by atoms with Crippen LogP contribution in [0.2, 0.25) is 0 Å². The average molecular weight is 692 g/mol. The van der Waals surface area contributed by atoms with E-state index in [0.717, 1.165) is 69.9 Å². The molecule has 0 aromatic heterocycles. The Balaban J connectivity index is 1.27. The minimum absolute atomic E-state index is 0.0226. The number of esters is 1. The lowest BCUT2D eigenvalue weighted by Gasteiger charge is -2.49. The molecule has 7 rings (SSSR count). The van der Waals surface area contributed by atoms with E-state index in [1.807, 2.05) is 19.9 Å². The Morgan fingerprint density at radius 2 is 1.72 bits per heavy atom. The van der Waals surface area contributed by atoms with Crippen molar-refractivity contribution in [1.29, 1.82) is 0 Å². The number of fused-ring (bicyclic) bond motifs is 2. The second kappa shape index (κ2) is 13.4. The van der Waals surface area contributed by atoms with E-state index in [1.165, 1.54) is 22.4 Å². The average Bonchev–Trinajstić information content (AvgIpc) is 3.71. The fourth-order valence-electron chi connectivity index (χ4n) is 10.5. The lowest BCUT2D eigenvalue weighted by molar-refractivity contribution is -0.387. The summed E-state index contributed by atoms with van der Waals surface area (Å²) in [4.78, 5) is 18.0. The highest BCUT2D eigenvalue weighted by Gasteiger charge is 2.64. The van der Waals surface area contributed by atoms with Gasteiger partial charge in [-0.2, -0.15) is 0 Å². The van der Waals surface area contributed by atoms with Crippen molar-refractivity contribution in [3.05, 3.63) is 46.6 Å². The Hall–Kier alpha value is -2.10. The number of rotatable bonds is 1. The van der Waals surface area contributed by atoms with Crippen LogP contribution < -0.4 is 0 Å². The standard InChI is InChI=1S/C42H61NO7/c1-25-9-8-10-37-40(23-28(4)29(5)24-43-37)15-13-33(36-21-27(3)38(45)47-36)30(6)34(40)20-26(2)35(44)22-32-12-16-41(48-32)17-18-42(50-41)39(7,46)14-11-31(19-25)49-42/h20-21,28-29,31-32,34-36,44,46H,1,8-19,22-24H2,2-7H3/t28-,29-,31-,32-,34?,35-,36?,39+,40+,41+,42+/m0/s1. The van der Waals surface area contributed by atoms with Gasteiger partial charge in [-0.3, -0.25) is 4.99 Å². The quantitative estimate of drug-likeness (QED) is 0.213. The van der Waals surface area contributed by atoms with Crippen LogP contribution in [0.3, 0.4) is 0 Å². The van der Waals surface area contributed by atoms with Crippen molar-refractivity contribution in [1.82, 2.24) is 0 Å². The first-order valence-corrected chi connectivity index (χ1v) is 19.6. The number of ether oxygens (including phenoxy) is 4. The molecule has 0 saturated carbocycles. The number of nitrogens with zero attached hydrogens (tertiary/aromatic N) is 1. The van der Waals surface area contributed by atoms with Crippen molar-refractivity contribution in [2.45, 2.75) is 173 Å². The first-order valence-electron chi connectivity index (χ1n) is 19.6. The number of aliphatic hydroxyl groups excluding tert-OH is 1. The van der Waals surface area contributed by atoms with E-state index in [0.29, 0.717) is 49.5 Å². The molecule has 276 valence electrons. The number of aliphatic imine (C=N–C) groups is 1. The third-order valence-electron chi connectivity index (χ3n) is 14.0. The van der Waals surface area contributed by atoms with Crippen LogP contribution in [0.25, 0.3) is 0 Å². The fraction of sp³-hybridized carbons (Fsp3) is 0.762. The first kappa shape index (κ1) is 36.3. The maximum absolute atomic E-state index is 12.5. The van der Waals surface area contributed by atoms with Gasteiger partial charge in [-0.05, 0) is 121 Å². The van der Waals surface area contributed by atoms with Gasteiger partial charge in [0.05, 0.1) is 18.3 Å². The number of cyclic esters (lactones) is 1. The molecular formula is C42H61NO7. The van der Waals surface area contributed by atoms with Crippen molar-refractivity contribution in [3.8, 4) is 0 Å². The predicted molar refractivity (Wildman–Crippen MR) is 193 cm³/mol. The molecule has 8 nitrogen and oxygen atoms in total. The van der Waals surface area contributed by atoms with Crippen LogP contribution in [0.1, 0.15) is 131 Å². The largest absolute Gasteiger partial charge is 0.450 e. The van der Waals surface area contributed by atoms with E-state index in [4.69, 9.17) is 23.9 Å². The van der Waals surface area contributed by atoms with Gasteiger partial charge < -0.3 is 29.2 Å². The van der Waals surface area contributed by atoms with Crippen molar-refractivity contribution in [3.63, 3.8) is 0 Å².